The Morgan fingerprint density at radius 1 is 1.18 bits per heavy atom. The van der Waals surface area contributed by atoms with E-state index in [0.717, 1.165) is 0 Å². The van der Waals surface area contributed by atoms with E-state index < -0.39 is 13.4 Å². The molecule has 1 aromatic carbocycles. The molecule has 0 aliphatic heterocycles. The van der Waals surface area contributed by atoms with Gasteiger partial charge in [0.2, 0.25) is 0 Å². The predicted molar refractivity (Wildman–Crippen MR) is 60.3 cm³/mol. The molecule has 0 atom stereocenters. The highest BCUT2D eigenvalue weighted by molar-refractivity contribution is 6.58. The molecule has 1 aromatic rings. The lowest BCUT2D eigenvalue weighted by atomic mass is 9.92. The first-order valence-corrected chi connectivity index (χ1v) is 5.09. The molecule has 0 unspecified atom stereocenters. The van der Waals surface area contributed by atoms with Crippen molar-refractivity contribution in [2.24, 2.45) is 0 Å². The van der Waals surface area contributed by atoms with Crippen molar-refractivity contribution >= 4 is 6.98 Å². The molecule has 0 radical (unpaired) electrons. The summed E-state index contributed by atoms with van der Waals surface area (Å²) in [6, 6.07) is 4.99. The molecular formula is C10H14BF3NO2-. The molecule has 0 aromatic heterocycles. The quantitative estimate of drug-likeness (QED) is 0.782. The molecule has 17 heavy (non-hydrogen) atoms. The highest BCUT2D eigenvalue weighted by Crippen LogP contribution is 2.24. The molecule has 1 rings (SSSR count). The van der Waals surface area contributed by atoms with Gasteiger partial charge in [-0.1, -0.05) is 6.07 Å². The van der Waals surface area contributed by atoms with Crippen LogP contribution in [0.15, 0.2) is 18.2 Å². The molecule has 0 heterocycles. The van der Waals surface area contributed by atoms with Crippen molar-refractivity contribution in [2.45, 2.75) is 6.54 Å². The summed E-state index contributed by atoms with van der Waals surface area (Å²) in [4.78, 5) is 0. The van der Waals surface area contributed by atoms with Gasteiger partial charge in [-0.05, 0) is 12.5 Å². The van der Waals surface area contributed by atoms with Crippen molar-refractivity contribution in [1.82, 2.24) is 5.32 Å². The Morgan fingerprint density at radius 2 is 1.88 bits per heavy atom. The van der Waals surface area contributed by atoms with Gasteiger partial charge in [0, 0.05) is 18.2 Å². The van der Waals surface area contributed by atoms with E-state index in [4.69, 9.17) is 9.47 Å². The molecule has 96 valence electrons. The first kappa shape index (κ1) is 13.7. The minimum atomic E-state index is -4.80. The largest absolute Gasteiger partial charge is 0.497 e. The second kappa shape index (κ2) is 5.81. The van der Waals surface area contributed by atoms with Gasteiger partial charge in [0.25, 0.3) is 0 Å². The predicted octanol–water partition coefficient (Wildman–Crippen LogP) is 2.18. The molecule has 0 saturated heterocycles. The van der Waals surface area contributed by atoms with Crippen LogP contribution in [0.2, 0.25) is 0 Å². The van der Waals surface area contributed by atoms with Crippen LogP contribution in [-0.4, -0.2) is 27.6 Å². The summed E-state index contributed by atoms with van der Waals surface area (Å²) in [6.45, 7) is -4.70. The molecule has 0 fully saturated rings. The van der Waals surface area contributed by atoms with Crippen molar-refractivity contribution < 1.29 is 22.4 Å². The normalized spacial score (nSPS) is 11.4. The van der Waals surface area contributed by atoms with E-state index in [1.807, 2.05) is 0 Å². The topological polar surface area (TPSA) is 30.5 Å². The van der Waals surface area contributed by atoms with Crippen molar-refractivity contribution in [2.75, 3.05) is 20.7 Å². The van der Waals surface area contributed by atoms with Crippen LogP contribution in [0.3, 0.4) is 0 Å². The fourth-order valence-electron chi connectivity index (χ4n) is 1.37. The van der Waals surface area contributed by atoms with Crippen molar-refractivity contribution in [3.63, 3.8) is 0 Å². The maximum absolute atomic E-state index is 12.0. The SMILES string of the molecule is COc1ccc(CNC[B-](F)(F)F)c(OC)c1. The maximum atomic E-state index is 12.0. The lowest BCUT2D eigenvalue weighted by molar-refractivity contribution is 0.389. The minimum absolute atomic E-state index is 0.106. The second-order valence-electron chi connectivity index (χ2n) is 3.52. The van der Waals surface area contributed by atoms with E-state index in [1.165, 1.54) is 14.2 Å². The van der Waals surface area contributed by atoms with Crippen LogP contribution >= 0.6 is 0 Å². The van der Waals surface area contributed by atoms with Gasteiger partial charge in [-0.2, -0.15) is 0 Å². The third-order valence-corrected chi connectivity index (χ3v) is 2.19. The van der Waals surface area contributed by atoms with E-state index in [1.54, 1.807) is 18.2 Å². The van der Waals surface area contributed by atoms with Crippen molar-refractivity contribution in [1.29, 1.82) is 0 Å². The third-order valence-electron chi connectivity index (χ3n) is 2.19. The molecular weight excluding hydrogens is 234 g/mol. The fraction of sp³-hybridized carbons (Fsp3) is 0.400. The lowest BCUT2D eigenvalue weighted by Gasteiger charge is -2.16. The summed E-state index contributed by atoms with van der Waals surface area (Å²) < 4.78 is 46.1. The summed E-state index contributed by atoms with van der Waals surface area (Å²) >= 11 is 0. The van der Waals surface area contributed by atoms with Gasteiger partial charge in [0.15, 0.2) is 0 Å². The second-order valence-corrected chi connectivity index (χ2v) is 3.52. The van der Waals surface area contributed by atoms with Gasteiger partial charge >= 0.3 is 6.98 Å². The average molecular weight is 248 g/mol. The highest BCUT2D eigenvalue weighted by Gasteiger charge is 2.21. The zero-order valence-electron chi connectivity index (χ0n) is 9.67. The molecule has 0 aliphatic carbocycles. The van der Waals surface area contributed by atoms with Crippen LogP contribution in [0.4, 0.5) is 12.9 Å². The number of halogens is 3. The Labute approximate surface area is 98.0 Å². The number of hydrogen-bond acceptors (Lipinski definition) is 3. The molecule has 3 nitrogen and oxygen atoms in total. The van der Waals surface area contributed by atoms with Crippen LogP contribution in [0.25, 0.3) is 0 Å². The number of methoxy groups -OCH3 is 2. The van der Waals surface area contributed by atoms with Crippen molar-refractivity contribution in [3.05, 3.63) is 23.8 Å². The minimum Gasteiger partial charge on any atom is -0.497 e. The summed E-state index contributed by atoms with van der Waals surface area (Å²) in [5, 5.41) is 2.34. The lowest BCUT2D eigenvalue weighted by Crippen LogP contribution is -2.33. The van der Waals surface area contributed by atoms with Crippen molar-refractivity contribution in [3.8, 4) is 11.5 Å². The van der Waals surface area contributed by atoms with Crippen LogP contribution < -0.4 is 14.8 Å². The summed E-state index contributed by atoms with van der Waals surface area (Å²) in [6.07, 6.45) is -0.963. The van der Waals surface area contributed by atoms with E-state index in [2.05, 4.69) is 5.32 Å². The molecule has 0 saturated carbocycles. The Morgan fingerprint density at radius 3 is 2.41 bits per heavy atom. The van der Waals surface area contributed by atoms with Gasteiger partial charge in [0.05, 0.1) is 14.2 Å². The molecule has 1 N–H and O–H groups in total. The number of benzene rings is 1. The summed E-state index contributed by atoms with van der Waals surface area (Å²) in [5.41, 5.74) is 0.661. The van der Waals surface area contributed by atoms with E-state index in [-0.39, 0.29) is 6.54 Å². The van der Waals surface area contributed by atoms with Crippen LogP contribution in [0, 0.1) is 0 Å². The Hall–Kier alpha value is -1.37. The Balaban J connectivity index is 2.64. The molecule has 0 spiro atoms. The summed E-state index contributed by atoms with van der Waals surface area (Å²) in [5.74, 6) is 1.11. The average Bonchev–Trinajstić information content (AvgIpc) is 2.27. The standard InChI is InChI=1S/C10H14BF3NO2/c1-16-9-4-3-8(10(5-9)17-2)6-15-7-11(12,13)14/h3-5,15H,6-7H2,1-2H3/q-1. The number of ether oxygens (including phenoxy) is 2. The Bertz CT molecular complexity index is 371. The van der Waals surface area contributed by atoms with Gasteiger partial charge in [0.1, 0.15) is 11.5 Å². The van der Waals surface area contributed by atoms with Gasteiger partial charge in [-0.15, -0.1) is 0 Å². The fourth-order valence-corrected chi connectivity index (χ4v) is 1.37. The number of nitrogens with one attached hydrogen (secondary N) is 1. The van der Waals surface area contributed by atoms with Crippen LogP contribution in [-0.2, 0) is 6.54 Å². The van der Waals surface area contributed by atoms with E-state index >= 15 is 0 Å². The van der Waals surface area contributed by atoms with Gasteiger partial charge in [-0.25, -0.2) is 0 Å². The zero-order valence-corrected chi connectivity index (χ0v) is 9.67. The first-order chi connectivity index (χ1) is 7.96. The summed E-state index contributed by atoms with van der Waals surface area (Å²) in [7, 11) is 2.98. The molecule has 7 heteroatoms. The third kappa shape index (κ3) is 4.56. The maximum Gasteiger partial charge on any atom is 0.491 e. The number of hydrogen-bond donors (Lipinski definition) is 1. The highest BCUT2D eigenvalue weighted by atomic mass is 19.4. The smallest absolute Gasteiger partial charge is 0.491 e. The first-order valence-electron chi connectivity index (χ1n) is 5.09. The van der Waals surface area contributed by atoms with E-state index in [0.29, 0.717) is 17.1 Å². The number of rotatable bonds is 6. The van der Waals surface area contributed by atoms with Gasteiger partial charge < -0.3 is 27.7 Å². The molecule has 0 bridgehead atoms. The zero-order chi connectivity index (χ0) is 12.9. The van der Waals surface area contributed by atoms with Crippen LogP contribution in [0.1, 0.15) is 5.56 Å². The molecule has 0 amide bonds. The van der Waals surface area contributed by atoms with Crippen LogP contribution in [0.5, 0.6) is 11.5 Å². The van der Waals surface area contributed by atoms with Gasteiger partial charge in [-0.3, -0.25) is 0 Å². The van der Waals surface area contributed by atoms with E-state index in [9.17, 15) is 12.9 Å². The Kier molecular flexibility index (Phi) is 4.68. The molecule has 0 aliphatic rings. The monoisotopic (exact) mass is 248 g/mol.